The number of hydrogen-bond acceptors (Lipinski definition) is 8. The molecule has 9 nitrogen and oxygen atoms in total. The van der Waals surface area contributed by atoms with Gasteiger partial charge in [-0.1, -0.05) is 0 Å². The van der Waals surface area contributed by atoms with Crippen LogP contribution in [0.5, 0.6) is 5.75 Å². The van der Waals surface area contributed by atoms with E-state index in [0.717, 1.165) is 0 Å². The summed E-state index contributed by atoms with van der Waals surface area (Å²) in [7, 11) is 1.49. The normalized spacial score (nSPS) is 15.3. The van der Waals surface area contributed by atoms with E-state index in [9.17, 15) is 19.7 Å². The van der Waals surface area contributed by atoms with Crippen molar-refractivity contribution in [3.05, 3.63) is 91.3 Å². The fourth-order valence-corrected chi connectivity index (χ4v) is 4.37. The van der Waals surface area contributed by atoms with Crippen molar-refractivity contribution in [1.82, 2.24) is 4.98 Å². The first-order valence-corrected chi connectivity index (χ1v) is 9.99. The number of nitro groups is 1. The van der Waals surface area contributed by atoms with Gasteiger partial charge in [0.1, 0.15) is 11.3 Å². The Labute approximate surface area is 178 Å². The van der Waals surface area contributed by atoms with Crippen LogP contribution in [-0.4, -0.2) is 22.9 Å². The summed E-state index contributed by atoms with van der Waals surface area (Å²) in [5.74, 6) is -0.0934. The number of nitro benzene ring substituents is 1. The highest BCUT2D eigenvalue weighted by Crippen LogP contribution is 2.42. The Balaban J connectivity index is 1.77. The molecule has 1 aliphatic rings. The van der Waals surface area contributed by atoms with Gasteiger partial charge in [-0.3, -0.25) is 24.6 Å². The molecule has 0 bridgehead atoms. The van der Waals surface area contributed by atoms with Crippen LogP contribution in [0.4, 0.5) is 10.8 Å². The third-order valence-corrected chi connectivity index (χ3v) is 5.90. The van der Waals surface area contributed by atoms with Crippen LogP contribution >= 0.6 is 11.3 Å². The minimum Gasteiger partial charge on any atom is -0.497 e. The molecule has 2 aromatic heterocycles. The van der Waals surface area contributed by atoms with Gasteiger partial charge < -0.3 is 9.15 Å². The molecule has 1 unspecified atom stereocenters. The van der Waals surface area contributed by atoms with Crippen molar-refractivity contribution >= 4 is 39.0 Å². The molecular formula is C21H13N3O6S. The molecule has 1 aliphatic heterocycles. The maximum Gasteiger partial charge on any atom is 0.297 e. The molecule has 4 aromatic rings. The quantitative estimate of drug-likeness (QED) is 0.352. The number of rotatable bonds is 4. The summed E-state index contributed by atoms with van der Waals surface area (Å²) >= 11 is 1.24. The lowest BCUT2D eigenvalue weighted by Crippen LogP contribution is -2.29. The summed E-state index contributed by atoms with van der Waals surface area (Å²) < 4.78 is 11.1. The molecule has 2 aromatic carbocycles. The Morgan fingerprint density at radius 3 is 2.61 bits per heavy atom. The molecule has 154 valence electrons. The summed E-state index contributed by atoms with van der Waals surface area (Å²) in [6.07, 6.45) is 1.56. The average Bonchev–Trinajstić information content (AvgIpc) is 3.40. The van der Waals surface area contributed by atoms with Crippen molar-refractivity contribution in [3.8, 4) is 5.75 Å². The molecule has 0 aliphatic carbocycles. The predicted molar refractivity (Wildman–Crippen MR) is 113 cm³/mol. The molecule has 3 heterocycles. The fraction of sp³-hybridized carbons (Fsp3) is 0.0952. The highest BCUT2D eigenvalue weighted by molar-refractivity contribution is 7.13. The Kier molecular flexibility index (Phi) is 4.29. The molecule has 31 heavy (non-hydrogen) atoms. The number of non-ortho nitro benzene ring substituents is 1. The number of anilines is 1. The van der Waals surface area contributed by atoms with Gasteiger partial charge in [0.05, 0.1) is 29.0 Å². The molecule has 0 saturated carbocycles. The molecule has 0 saturated heterocycles. The van der Waals surface area contributed by atoms with E-state index < -0.39 is 16.9 Å². The monoisotopic (exact) mass is 435 g/mol. The lowest BCUT2D eigenvalue weighted by atomic mass is 9.98. The van der Waals surface area contributed by atoms with Crippen LogP contribution in [0, 0.1) is 10.1 Å². The van der Waals surface area contributed by atoms with Gasteiger partial charge in [-0.25, -0.2) is 4.98 Å². The lowest BCUT2D eigenvalue weighted by molar-refractivity contribution is -0.384. The molecule has 0 spiro atoms. The number of carbonyl (C=O) groups excluding carboxylic acids is 1. The molecule has 0 radical (unpaired) electrons. The third kappa shape index (κ3) is 2.88. The van der Waals surface area contributed by atoms with Crippen LogP contribution in [-0.2, 0) is 0 Å². The van der Waals surface area contributed by atoms with Crippen LogP contribution in [0.1, 0.15) is 27.7 Å². The highest BCUT2D eigenvalue weighted by Gasteiger charge is 2.44. The van der Waals surface area contributed by atoms with Gasteiger partial charge in [-0.15, -0.1) is 11.3 Å². The van der Waals surface area contributed by atoms with Crippen LogP contribution in [0.25, 0.3) is 11.0 Å². The van der Waals surface area contributed by atoms with Crippen LogP contribution < -0.4 is 15.1 Å². The number of benzene rings is 2. The molecule has 0 N–H and O–H groups in total. The SMILES string of the molecule is COc1ccc2c(=O)c3c(oc2c1)C(=O)N(c1nccs1)C3c1ccc([N+](=O)[O-])cc1. The first kappa shape index (κ1) is 18.9. The van der Waals surface area contributed by atoms with Gasteiger partial charge in [0, 0.05) is 29.8 Å². The topological polar surface area (TPSA) is 116 Å². The van der Waals surface area contributed by atoms with E-state index in [4.69, 9.17) is 9.15 Å². The highest BCUT2D eigenvalue weighted by atomic mass is 32.1. The zero-order valence-electron chi connectivity index (χ0n) is 16.0. The second kappa shape index (κ2) is 7.03. The number of carbonyl (C=O) groups is 1. The molecule has 1 amide bonds. The molecule has 1 atom stereocenters. The second-order valence-corrected chi connectivity index (χ2v) is 7.65. The van der Waals surface area contributed by atoms with E-state index in [1.807, 2.05) is 0 Å². The maximum atomic E-state index is 13.4. The summed E-state index contributed by atoms with van der Waals surface area (Å²) in [6.45, 7) is 0. The van der Waals surface area contributed by atoms with Crippen molar-refractivity contribution in [1.29, 1.82) is 0 Å². The fourth-order valence-electron chi connectivity index (χ4n) is 3.70. The number of amides is 1. The van der Waals surface area contributed by atoms with E-state index >= 15 is 0 Å². The van der Waals surface area contributed by atoms with Crippen molar-refractivity contribution < 1.29 is 18.9 Å². The van der Waals surface area contributed by atoms with Gasteiger partial charge >= 0.3 is 0 Å². The zero-order chi connectivity index (χ0) is 21.7. The van der Waals surface area contributed by atoms with E-state index in [-0.39, 0.29) is 28.0 Å². The molecule has 5 rings (SSSR count). The van der Waals surface area contributed by atoms with E-state index in [1.165, 1.54) is 47.6 Å². The van der Waals surface area contributed by atoms with Crippen LogP contribution in [0.2, 0.25) is 0 Å². The summed E-state index contributed by atoms with van der Waals surface area (Å²) in [5, 5.41) is 13.5. The Bertz CT molecular complexity index is 1400. The molecule has 0 fully saturated rings. The Hall–Kier alpha value is -4.05. The predicted octanol–water partition coefficient (Wildman–Crippen LogP) is 3.92. The summed E-state index contributed by atoms with van der Waals surface area (Å²) in [6, 6.07) is 9.70. The first-order valence-electron chi connectivity index (χ1n) is 9.11. The van der Waals surface area contributed by atoms with E-state index in [0.29, 0.717) is 21.8 Å². The van der Waals surface area contributed by atoms with Gasteiger partial charge in [-0.05, 0) is 29.8 Å². The third-order valence-electron chi connectivity index (χ3n) is 5.12. The number of ether oxygens (including phenoxy) is 1. The minimum absolute atomic E-state index is 0.0793. The van der Waals surface area contributed by atoms with Crippen molar-refractivity contribution in [2.75, 3.05) is 12.0 Å². The minimum atomic E-state index is -0.822. The standard InChI is InChI=1S/C21H13N3O6S/c1-29-13-6-7-14-15(10-13)30-19-16(18(14)25)17(11-2-4-12(5-3-11)24(27)28)23(20(19)26)21-22-8-9-31-21/h2-10,17H,1H3. The number of fused-ring (bicyclic) bond motifs is 2. The summed E-state index contributed by atoms with van der Waals surface area (Å²) in [5.41, 5.74) is 0.501. The maximum absolute atomic E-state index is 13.4. The van der Waals surface area contributed by atoms with Gasteiger partial charge in [0.25, 0.3) is 11.6 Å². The van der Waals surface area contributed by atoms with Crippen molar-refractivity contribution in [2.24, 2.45) is 0 Å². The number of thiazole rings is 1. The number of nitrogens with zero attached hydrogens (tertiary/aromatic N) is 3. The number of aromatic nitrogens is 1. The average molecular weight is 435 g/mol. The van der Waals surface area contributed by atoms with Gasteiger partial charge in [0.15, 0.2) is 10.6 Å². The zero-order valence-corrected chi connectivity index (χ0v) is 16.8. The molecule has 10 heteroatoms. The Morgan fingerprint density at radius 2 is 1.97 bits per heavy atom. The van der Waals surface area contributed by atoms with E-state index in [2.05, 4.69) is 4.98 Å². The summed E-state index contributed by atoms with van der Waals surface area (Å²) in [4.78, 5) is 42.9. The smallest absolute Gasteiger partial charge is 0.297 e. The largest absolute Gasteiger partial charge is 0.497 e. The van der Waals surface area contributed by atoms with Crippen molar-refractivity contribution in [3.63, 3.8) is 0 Å². The van der Waals surface area contributed by atoms with Crippen LogP contribution in [0.3, 0.4) is 0 Å². The first-order chi connectivity index (χ1) is 15.0. The van der Waals surface area contributed by atoms with Crippen LogP contribution in [0.15, 0.2) is 63.3 Å². The number of methoxy groups -OCH3 is 1. The van der Waals surface area contributed by atoms with Crippen molar-refractivity contribution in [2.45, 2.75) is 6.04 Å². The Morgan fingerprint density at radius 1 is 1.19 bits per heavy atom. The molecular weight excluding hydrogens is 422 g/mol. The lowest BCUT2D eigenvalue weighted by Gasteiger charge is -2.22. The second-order valence-electron chi connectivity index (χ2n) is 6.78. The van der Waals surface area contributed by atoms with E-state index in [1.54, 1.807) is 29.8 Å². The van der Waals surface area contributed by atoms with Gasteiger partial charge in [0.2, 0.25) is 5.76 Å². The number of hydrogen-bond donors (Lipinski definition) is 0. The van der Waals surface area contributed by atoms with Gasteiger partial charge in [-0.2, -0.15) is 0 Å².